The van der Waals surface area contributed by atoms with Crippen molar-refractivity contribution in [2.75, 3.05) is 41.0 Å². The molecule has 0 heterocycles. The number of carbonyl (C=O) groups excluding carboxylic acids is 2. The molecule has 350 valence electrons. The molecule has 0 spiro atoms. The first-order valence-corrected chi connectivity index (χ1v) is 23.9. The van der Waals surface area contributed by atoms with E-state index in [0.29, 0.717) is 19.3 Å². The number of ether oxygens (including phenoxy) is 3. The number of aliphatic carboxylic acids is 1. The van der Waals surface area contributed by atoms with Gasteiger partial charge in [0, 0.05) is 19.3 Å². The molecule has 0 fully saturated rings. The van der Waals surface area contributed by atoms with Gasteiger partial charge in [-0.25, -0.2) is 4.79 Å². The molecule has 8 nitrogen and oxygen atoms in total. The Labute approximate surface area is 378 Å². The summed E-state index contributed by atoms with van der Waals surface area (Å²) in [5.74, 6) is -1.59. The lowest BCUT2D eigenvalue weighted by Gasteiger charge is -2.31. The van der Waals surface area contributed by atoms with Gasteiger partial charge in [0.15, 0.2) is 12.1 Å². The fourth-order valence-corrected chi connectivity index (χ4v) is 6.31. The van der Waals surface area contributed by atoms with Crippen LogP contribution in [0.1, 0.15) is 162 Å². The molecule has 0 aliphatic carbocycles. The van der Waals surface area contributed by atoms with Crippen molar-refractivity contribution in [3.63, 3.8) is 0 Å². The molecule has 2 atom stereocenters. The van der Waals surface area contributed by atoms with Crippen LogP contribution >= 0.6 is 0 Å². The topological polar surface area (TPSA) is 99.1 Å². The van der Waals surface area contributed by atoms with Gasteiger partial charge in [0.1, 0.15) is 6.61 Å². The van der Waals surface area contributed by atoms with E-state index >= 15 is 0 Å². The van der Waals surface area contributed by atoms with Crippen molar-refractivity contribution in [1.29, 1.82) is 0 Å². The standard InChI is InChI=1S/C54H87NO7/c1-6-8-10-12-14-16-18-20-22-24-25-26-27-28-29-31-33-35-37-39-41-43-45-53(57)62-50(48-60-47-46-51(54(58)59)55(3,4)5)49-61-52(56)44-42-40-38-36-34-32-30-23-21-19-17-15-13-11-9-7-2/h8-11,14-17,20-23,25-26,32,34,38,40,50-51H,6-7,12-13,18-19,24,27-31,33,35-37,39,41-49H2,1-5H3/p+1/b10-8+,11-9+,16-14+,17-15+,22-20+,23-21+,26-25+,34-32+,40-38+. The molecule has 8 heteroatoms. The minimum Gasteiger partial charge on any atom is -0.477 e. The molecule has 2 unspecified atom stereocenters. The maximum atomic E-state index is 12.8. The number of hydrogen-bond donors (Lipinski definition) is 1. The summed E-state index contributed by atoms with van der Waals surface area (Å²) < 4.78 is 17.2. The third-order valence-electron chi connectivity index (χ3n) is 9.93. The second-order valence-electron chi connectivity index (χ2n) is 16.6. The number of esters is 2. The number of allylic oxidation sites excluding steroid dienone is 18. The highest BCUT2D eigenvalue weighted by atomic mass is 16.6. The second-order valence-corrected chi connectivity index (χ2v) is 16.6. The zero-order valence-corrected chi connectivity index (χ0v) is 39.8. The third-order valence-corrected chi connectivity index (χ3v) is 9.93. The number of nitrogens with zero attached hydrogens (tertiary/aromatic N) is 1. The summed E-state index contributed by atoms with van der Waals surface area (Å²) in [6, 6.07) is -0.633. The van der Waals surface area contributed by atoms with Crippen molar-refractivity contribution in [1.82, 2.24) is 0 Å². The van der Waals surface area contributed by atoms with Crippen LogP contribution in [-0.2, 0) is 28.6 Å². The number of quaternary nitrogens is 1. The summed E-state index contributed by atoms with van der Waals surface area (Å²) in [6.45, 7) is 4.41. The van der Waals surface area contributed by atoms with E-state index in [-0.39, 0.29) is 42.7 Å². The molecule has 1 N–H and O–H groups in total. The van der Waals surface area contributed by atoms with E-state index in [0.717, 1.165) is 83.5 Å². The van der Waals surface area contributed by atoms with Crippen LogP contribution in [0, 0.1) is 0 Å². The normalized spacial score (nSPS) is 13.9. The fraction of sp³-hybridized carbons (Fsp3) is 0.611. The van der Waals surface area contributed by atoms with Crippen LogP contribution in [0.25, 0.3) is 0 Å². The van der Waals surface area contributed by atoms with Gasteiger partial charge < -0.3 is 23.8 Å². The monoisotopic (exact) mass is 863 g/mol. The fourth-order valence-electron chi connectivity index (χ4n) is 6.31. The van der Waals surface area contributed by atoms with Crippen molar-refractivity contribution in [2.24, 2.45) is 0 Å². The van der Waals surface area contributed by atoms with Crippen LogP contribution in [0.4, 0.5) is 0 Å². The molecule has 0 radical (unpaired) electrons. The minimum atomic E-state index is -0.890. The third kappa shape index (κ3) is 41.3. The largest absolute Gasteiger partial charge is 0.477 e. The van der Waals surface area contributed by atoms with Crippen molar-refractivity contribution in [3.8, 4) is 0 Å². The maximum Gasteiger partial charge on any atom is 0.362 e. The second kappa shape index (κ2) is 43.6. The molecule has 0 aromatic heterocycles. The van der Waals surface area contributed by atoms with Crippen LogP contribution in [0.3, 0.4) is 0 Å². The van der Waals surface area contributed by atoms with Crippen LogP contribution in [0.15, 0.2) is 109 Å². The van der Waals surface area contributed by atoms with E-state index < -0.39 is 18.1 Å². The Hall–Kier alpha value is -4.01. The number of likely N-dealkylation sites (N-methyl/N-ethyl adjacent to an activating group) is 1. The first kappa shape index (κ1) is 58.0. The van der Waals surface area contributed by atoms with Gasteiger partial charge in [-0.05, 0) is 83.5 Å². The highest BCUT2D eigenvalue weighted by molar-refractivity contribution is 5.72. The quantitative estimate of drug-likeness (QED) is 0.0283. The number of carboxylic acid groups (broad SMARTS) is 1. The lowest BCUT2D eigenvalue weighted by molar-refractivity contribution is -0.887. The van der Waals surface area contributed by atoms with E-state index in [1.807, 2.05) is 33.3 Å². The first-order valence-electron chi connectivity index (χ1n) is 23.9. The number of rotatable bonds is 41. The molecule has 62 heavy (non-hydrogen) atoms. The molecule has 0 saturated heterocycles. The number of carbonyl (C=O) groups is 3. The summed E-state index contributed by atoms with van der Waals surface area (Å²) in [6.07, 6.45) is 60.1. The van der Waals surface area contributed by atoms with E-state index in [2.05, 4.69) is 111 Å². The van der Waals surface area contributed by atoms with E-state index in [4.69, 9.17) is 14.2 Å². The van der Waals surface area contributed by atoms with Crippen molar-refractivity contribution < 1.29 is 38.2 Å². The van der Waals surface area contributed by atoms with E-state index in [9.17, 15) is 19.5 Å². The summed E-state index contributed by atoms with van der Waals surface area (Å²) >= 11 is 0. The smallest absolute Gasteiger partial charge is 0.362 e. The van der Waals surface area contributed by atoms with Gasteiger partial charge >= 0.3 is 17.9 Å². The zero-order chi connectivity index (χ0) is 45.6. The average molecular weight is 863 g/mol. The van der Waals surface area contributed by atoms with Crippen LogP contribution in [0.2, 0.25) is 0 Å². The highest BCUT2D eigenvalue weighted by Gasteiger charge is 2.31. The van der Waals surface area contributed by atoms with Crippen molar-refractivity contribution >= 4 is 17.9 Å². The van der Waals surface area contributed by atoms with Crippen LogP contribution in [-0.4, -0.2) is 80.6 Å². The number of carboxylic acids is 1. The number of hydrogen-bond acceptors (Lipinski definition) is 6. The molecule has 0 bridgehead atoms. The Balaban J connectivity index is 4.40. The molecule has 0 aliphatic rings. The van der Waals surface area contributed by atoms with Gasteiger partial charge in [-0.2, -0.15) is 0 Å². The Morgan fingerprint density at radius 3 is 1.32 bits per heavy atom. The molecule has 0 amide bonds. The van der Waals surface area contributed by atoms with Crippen LogP contribution in [0.5, 0.6) is 0 Å². The van der Waals surface area contributed by atoms with Crippen molar-refractivity contribution in [2.45, 2.75) is 174 Å². The van der Waals surface area contributed by atoms with Gasteiger partial charge in [0.25, 0.3) is 0 Å². The summed E-state index contributed by atoms with van der Waals surface area (Å²) in [5, 5.41) is 9.64. The molecular formula is C54H88NO7+. The lowest BCUT2D eigenvalue weighted by atomic mass is 10.1. The molecule has 0 aliphatic heterocycles. The molecular weight excluding hydrogens is 775 g/mol. The first-order chi connectivity index (χ1) is 30.1. The molecule has 0 aromatic rings. The molecule has 0 rings (SSSR count). The minimum absolute atomic E-state index is 0.0285. The highest BCUT2D eigenvalue weighted by Crippen LogP contribution is 2.13. The van der Waals surface area contributed by atoms with Gasteiger partial charge in [0.05, 0.1) is 34.4 Å². The maximum absolute atomic E-state index is 12.8. The van der Waals surface area contributed by atoms with Gasteiger partial charge in [-0.15, -0.1) is 0 Å². The Morgan fingerprint density at radius 1 is 0.484 bits per heavy atom. The molecule has 0 aromatic carbocycles. The van der Waals surface area contributed by atoms with Gasteiger partial charge in [-0.3, -0.25) is 9.59 Å². The van der Waals surface area contributed by atoms with E-state index in [1.54, 1.807) is 0 Å². The van der Waals surface area contributed by atoms with Gasteiger partial charge in [0.2, 0.25) is 0 Å². The Morgan fingerprint density at radius 2 is 0.887 bits per heavy atom. The lowest BCUT2D eigenvalue weighted by Crippen LogP contribution is -2.50. The van der Waals surface area contributed by atoms with Gasteiger partial charge in [-0.1, -0.05) is 168 Å². The van der Waals surface area contributed by atoms with Crippen molar-refractivity contribution in [3.05, 3.63) is 109 Å². The predicted octanol–water partition coefficient (Wildman–Crippen LogP) is 13.6. The Kier molecular flexibility index (Phi) is 40.8. The Bertz CT molecular complexity index is 1370. The SMILES string of the molecule is CC/C=C/C/C=C/C/C=C/C/C=C/C/C=C/CCC(=O)OCC(COCCC(C(=O)O)[N+](C)(C)C)OC(=O)CCCCCCCCCCC/C=C/C/C=C/C/C=C/C/C=C/CC. The molecule has 0 saturated carbocycles. The van der Waals surface area contributed by atoms with E-state index in [1.165, 1.54) is 38.5 Å². The zero-order valence-electron chi connectivity index (χ0n) is 39.8. The summed E-state index contributed by atoms with van der Waals surface area (Å²) in [7, 11) is 5.50. The summed E-state index contributed by atoms with van der Waals surface area (Å²) in [4.78, 5) is 37.1. The predicted molar refractivity (Wildman–Crippen MR) is 261 cm³/mol. The van der Waals surface area contributed by atoms with Crippen LogP contribution < -0.4 is 0 Å². The summed E-state index contributed by atoms with van der Waals surface area (Å²) in [5.41, 5.74) is 0. The average Bonchev–Trinajstić information content (AvgIpc) is 3.23. The number of unbranched alkanes of at least 4 members (excludes halogenated alkanes) is 9.